The topological polar surface area (TPSA) is 40.6 Å². The Hall–Kier alpha value is -1.85. The van der Waals surface area contributed by atoms with Crippen molar-refractivity contribution in [1.29, 1.82) is 0 Å². The summed E-state index contributed by atoms with van der Waals surface area (Å²) in [6, 6.07) is 9.52. The third kappa shape index (κ3) is 3.26. The summed E-state index contributed by atoms with van der Waals surface area (Å²) in [4.78, 5) is 29.6. The minimum atomic E-state index is -0.405. The number of amides is 2. The number of benzene rings is 1. The second-order valence-electron chi connectivity index (χ2n) is 7.04. The van der Waals surface area contributed by atoms with E-state index in [0.717, 1.165) is 30.4 Å². The molecule has 4 rings (SSSR count). The maximum Gasteiger partial charge on any atom is 0.254 e. The van der Waals surface area contributed by atoms with Crippen molar-refractivity contribution in [3.63, 3.8) is 0 Å². The zero-order valence-electron chi connectivity index (χ0n) is 14.5. The van der Waals surface area contributed by atoms with Crippen molar-refractivity contribution in [2.45, 2.75) is 24.7 Å². The molecule has 0 radical (unpaired) electrons. The first kappa shape index (κ1) is 17.6. The van der Waals surface area contributed by atoms with Crippen LogP contribution in [-0.4, -0.2) is 47.8 Å². The third-order valence-electron chi connectivity index (χ3n) is 5.38. The number of hydrogen-bond donors (Lipinski definition) is 0. The van der Waals surface area contributed by atoms with Crippen molar-refractivity contribution in [1.82, 2.24) is 9.80 Å². The molecule has 0 spiro atoms. The number of thiophene rings is 1. The lowest BCUT2D eigenvalue weighted by Crippen LogP contribution is -2.42. The molecular formula is C20H21ClN2O2S. The van der Waals surface area contributed by atoms with Gasteiger partial charge in [-0.15, -0.1) is 0 Å². The lowest BCUT2D eigenvalue weighted by Gasteiger charge is -2.26. The van der Waals surface area contributed by atoms with Gasteiger partial charge < -0.3 is 9.80 Å². The van der Waals surface area contributed by atoms with Crippen LogP contribution < -0.4 is 0 Å². The lowest BCUT2D eigenvalue weighted by molar-refractivity contribution is -0.133. The zero-order valence-corrected chi connectivity index (χ0v) is 16.1. The van der Waals surface area contributed by atoms with E-state index in [4.69, 9.17) is 11.6 Å². The Kier molecular flexibility index (Phi) is 4.76. The smallest absolute Gasteiger partial charge is 0.254 e. The van der Waals surface area contributed by atoms with E-state index in [1.807, 2.05) is 50.9 Å². The first-order valence-corrected chi connectivity index (χ1v) is 10.3. The Morgan fingerprint density at radius 1 is 1.04 bits per heavy atom. The van der Waals surface area contributed by atoms with Crippen molar-refractivity contribution in [2.24, 2.45) is 0 Å². The predicted molar refractivity (Wildman–Crippen MR) is 104 cm³/mol. The zero-order chi connectivity index (χ0) is 18.1. The van der Waals surface area contributed by atoms with E-state index in [1.54, 1.807) is 0 Å². The van der Waals surface area contributed by atoms with Gasteiger partial charge in [0.1, 0.15) is 0 Å². The molecule has 1 aromatic carbocycles. The molecule has 2 fully saturated rings. The highest BCUT2D eigenvalue weighted by Crippen LogP contribution is 2.50. The SMILES string of the molecule is O=C(c1ccsc1)N1CCCN(C(=O)C2(c3cccc(Cl)c3)CC2)CC1. The fraction of sp³-hybridized carbons (Fsp3) is 0.400. The number of rotatable bonds is 3. The summed E-state index contributed by atoms with van der Waals surface area (Å²) in [5.41, 5.74) is 1.36. The minimum absolute atomic E-state index is 0.0662. The van der Waals surface area contributed by atoms with Gasteiger partial charge in [-0.05, 0) is 48.4 Å². The summed E-state index contributed by atoms with van der Waals surface area (Å²) < 4.78 is 0. The van der Waals surface area contributed by atoms with Crippen molar-refractivity contribution < 1.29 is 9.59 Å². The average molecular weight is 389 g/mol. The van der Waals surface area contributed by atoms with E-state index >= 15 is 0 Å². The Morgan fingerprint density at radius 2 is 1.81 bits per heavy atom. The second kappa shape index (κ2) is 7.05. The van der Waals surface area contributed by atoms with Crippen LogP contribution in [0.25, 0.3) is 0 Å². The number of halogens is 1. The van der Waals surface area contributed by atoms with Gasteiger partial charge in [-0.2, -0.15) is 11.3 Å². The Morgan fingerprint density at radius 3 is 2.50 bits per heavy atom. The normalized spacial score (nSPS) is 19.1. The molecule has 1 aliphatic heterocycles. The van der Waals surface area contributed by atoms with Gasteiger partial charge >= 0.3 is 0 Å². The molecule has 4 nitrogen and oxygen atoms in total. The summed E-state index contributed by atoms with van der Waals surface area (Å²) in [6.07, 6.45) is 2.56. The standard InChI is InChI=1S/C20H21ClN2O2S/c21-17-4-1-3-16(13-17)20(6-7-20)19(25)23-9-2-8-22(10-11-23)18(24)15-5-12-26-14-15/h1,3-5,12-14H,2,6-11H2. The van der Waals surface area contributed by atoms with Crippen LogP contribution >= 0.6 is 22.9 Å². The Balaban J connectivity index is 1.46. The van der Waals surface area contributed by atoms with Crippen molar-refractivity contribution in [3.05, 3.63) is 57.2 Å². The molecule has 1 aliphatic carbocycles. The van der Waals surface area contributed by atoms with Gasteiger partial charge in [0, 0.05) is 36.6 Å². The molecule has 1 aromatic heterocycles. The number of carbonyl (C=O) groups is 2. The summed E-state index contributed by atoms with van der Waals surface area (Å²) in [6.45, 7) is 2.58. The predicted octanol–water partition coefficient (Wildman–Crippen LogP) is 3.81. The van der Waals surface area contributed by atoms with Crippen molar-refractivity contribution in [3.8, 4) is 0 Å². The molecule has 1 saturated carbocycles. The Bertz CT molecular complexity index is 817. The van der Waals surface area contributed by atoms with Crippen LogP contribution in [0.4, 0.5) is 0 Å². The molecule has 26 heavy (non-hydrogen) atoms. The van der Waals surface area contributed by atoms with Crippen molar-refractivity contribution in [2.75, 3.05) is 26.2 Å². The maximum atomic E-state index is 13.2. The monoisotopic (exact) mass is 388 g/mol. The van der Waals surface area contributed by atoms with Gasteiger partial charge in [-0.3, -0.25) is 9.59 Å². The van der Waals surface area contributed by atoms with Crippen LogP contribution in [-0.2, 0) is 10.2 Å². The molecule has 136 valence electrons. The molecule has 0 bridgehead atoms. The molecule has 0 N–H and O–H groups in total. The van der Waals surface area contributed by atoms with Crippen LogP contribution in [0.15, 0.2) is 41.1 Å². The van der Waals surface area contributed by atoms with E-state index in [1.165, 1.54) is 11.3 Å². The Labute approximate surface area is 162 Å². The van der Waals surface area contributed by atoms with Crippen LogP contribution in [0.5, 0.6) is 0 Å². The number of carbonyl (C=O) groups excluding carboxylic acids is 2. The maximum absolute atomic E-state index is 13.2. The summed E-state index contributed by atoms with van der Waals surface area (Å²) in [5.74, 6) is 0.251. The van der Waals surface area contributed by atoms with Gasteiger partial charge in [0.2, 0.25) is 5.91 Å². The van der Waals surface area contributed by atoms with Crippen LogP contribution in [0.1, 0.15) is 35.2 Å². The first-order chi connectivity index (χ1) is 12.6. The molecule has 2 aliphatic rings. The molecule has 2 amide bonds. The molecule has 0 atom stereocenters. The molecular weight excluding hydrogens is 368 g/mol. The van der Waals surface area contributed by atoms with E-state index in [2.05, 4.69) is 0 Å². The van der Waals surface area contributed by atoms with Gasteiger partial charge in [-0.1, -0.05) is 23.7 Å². The van der Waals surface area contributed by atoms with E-state index < -0.39 is 5.41 Å². The van der Waals surface area contributed by atoms with Gasteiger partial charge in [0.15, 0.2) is 0 Å². The molecule has 2 aromatic rings. The highest BCUT2D eigenvalue weighted by molar-refractivity contribution is 7.08. The van der Waals surface area contributed by atoms with E-state index in [0.29, 0.717) is 31.2 Å². The third-order valence-corrected chi connectivity index (χ3v) is 6.29. The summed E-state index contributed by atoms with van der Waals surface area (Å²) in [7, 11) is 0. The molecule has 2 heterocycles. The van der Waals surface area contributed by atoms with Crippen LogP contribution in [0.3, 0.4) is 0 Å². The van der Waals surface area contributed by atoms with Crippen LogP contribution in [0.2, 0.25) is 5.02 Å². The molecule has 0 unspecified atom stereocenters. The minimum Gasteiger partial charge on any atom is -0.340 e. The second-order valence-corrected chi connectivity index (χ2v) is 8.26. The summed E-state index contributed by atoms with van der Waals surface area (Å²) >= 11 is 7.66. The average Bonchev–Trinajstić information content (AvgIpc) is 3.35. The fourth-order valence-electron chi connectivity index (χ4n) is 3.73. The number of hydrogen-bond acceptors (Lipinski definition) is 3. The highest BCUT2D eigenvalue weighted by Gasteiger charge is 2.53. The molecule has 6 heteroatoms. The van der Waals surface area contributed by atoms with Gasteiger partial charge in [0.05, 0.1) is 11.0 Å². The number of nitrogens with zero attached hydrogens (tertiary/aromatic N) is 2. The van der Waals surface area contributed by atoms with Gasteiger partial charge in [0.25, 0.3) is 5.91 Å². The van der Waals surface area contributed by atoms with E-state index in [9.17, 15) is 9.59 Å². The molecule has 1 saturated heterocycles. The van der Waals surface area contributed by atoms with Crippen molar-refractivity contribution >= 4 is 34.8 Å². The lowest BCUT2D eigenvalue weighted by atomic mass is 9.94. The van der Waals surface area contributed by atoms with E-state index in [-0.39, 0.29) is 11.8 Å². The summed E-state index contributed by atoms with van der Waals surface area (Å²) in [5, 5.41) is 4.47. The first-order valence-electron chi connectivity index (χ1n) is 8.97. The van der Waals surface area contributed by atoms with Crippen LogP contribution in [0, 0.1) is 0 Å². The highest BCUT2D eigenvalue weighted by atomic mass is 35.5. The quantitative estimate of drug-likeness (QED) is 0.802. The van der Waals surface area contributed by atoms with Gasteiger partial charge in [-0.25, -0.2) is 0 Å². The largest absolute Gasteiger partial charge is 0.340 e. The fourth-order valence-corrected chi connectivity index (χ4v) is 4.55.